The molecule has 0 heterocycles. The summed E-state index contributed by atoms with van der Waals surface area (Å²) < 4.78 is 0. The Kier molecular flexibility index (Phi) is 13.8. The molecular weight excluding hydrogens is 152 g/mol. The Labute approximate surface area is 85.2 Å². The SMILES string of the molecule is CCCCCCCC([O-])[O-].[Mg+2]. The molecule has 11 heavy (non-hydrogen) atoms. The quantitative estimate of drug-likeness (QED) is 0.319. The van der Waals surface area contributed by atoms with Crippen molar-refractivity contribution in [1.29, 1.82) is 0 Å². The molecule has 0 aromatic rings. The van der Waals surface area contributed by atoms with Gasteiger partial charge < -0.3 is 10.2 Å². The molecule has 0 bridgehead atoms. The first-order valence-corrected chi connectivity index (χ1v) is 4.09. The Morgan fingerprint density at radius 2 is 1.55 bits per heavy atom. The van der Waals surface area contributed by atoms with Crippen molar-refractivity contribution in [1.82, 2.24) is 0 Å². The summed E-state index contributed by atoms with van der Waals surface area (Å²) in [7, 11) is 0. The molecule has 0 fully saturated rings. The first kappa shape index (κ1) is 14.2. The zero-order valence-electron chi connectivity index (χ0n) is 7.34. The predicted molar refractivity (Wildman–Crippen MR) is 42.9 cm³/mol. The van der Waals surface area contributed by atoms with E-state index in [1.165, 1.54) is 19.3 Å². The van der Waals surface area contributed by atoms with Crippen LogP contribution in [0.2, 0.25) is 0 Å². The summed E-state index contributed by atoms with van der Waals surface area (Å²) in [5.41, 5.74) is 0. The molecule has 62 valence electrons. The molecule has 0 aromatic carbocycles. The Morgan fingerprint density at radius 1 is 1.00 bits per heavy atom. The average molecular weight is 169 g/mol. The Balaban J connectivity index is 0. The van der Waals surface area contributed by atoms with E-state index in [4.69, 9.17) is 0 Å². The number of rotatable bonds is 6. The Bertz CT molecular complexity index is 67.1. The van der Waals surface area contributed by atoms with E-state index in [0.717, 1.165) is 12.8 Å². The summed E-state index contributed by atoms with van der Waals surface area (Å²) in [6, 6.07) is 0. The minimum atomic E-state index is -1.60. The standard InChI is InChI=1S/C8H16O2.Mg/c1-2-3-4-5-6-7-8(9)10;/h8H,2-7H2,1H3;/q-2;+2. The summed E-state index contributed by atoms with van der Waals surface area (Å²) in [4.78, 5) is 0. The summed E-state index contributed by atoms with van der Waals surface area (Å²) >= 11 is 0. The Morgan fingerprint density at radius 3 is 2.00 bits per heavy atom. The third-order valence-electron chi connectivity index (χ3n) is 1.54. The average Bonchev–Trinajstić information content (AvgIpc) is 1.87. The van der Waals surface area contributed by atoms with Crippen molar-refractivity contribution in [3.8, 4) is 0 Å². The van der Waals surface area contributed by atoms with Gasteiger partial charge in [0, 0.05) is 0 Å². The van der Waals surface area contributed by atoms with Gasteiger partial charge in [0.2, 0.25) is 0 Å². The van der Waals surface area contributed by atoms with E-state index in [9.17, 15) is 10.2 Å². The van der Waals surface area contributed by atoms with Crippen LogP contribution in [-0.4, -0.2) is 29.3 Å². The van der Waals surface area contributed by atoms with E-state index in [0.29, 0.717) is 6.42 Å². The molecule has 2 nitrogen and oxygen atoms in total. The summed E-state index contributed by atoms with van der Waals surface area (Å²) in [5.74, 6) is 0. The van der Waals surface area contributed by atoms with E-state index in [1.807, 2.05) is 0 Å². The van der Waals surface area contributed by atoms with Gasteiger partial charge in [-0.25, -0.2) is 6.29 Å². The number of unbranched alkanes of at least 4 members (excludes halogenated alkanes) is 4. The molecule has 0 aliphatic heterocycles. The van der Waals surface area contributed by atoms with Crippen LogP contribution in [0, 0.1) is 0 Å². The van der Waals surface area contributed by atoms with E-state index < -0.39 is 6.29 Å². The van der Waals surface area contributed by atoms with E-state index in [2.05, 4.69) is 6.92 Å². The van der Waals surface area contributed by atoms with Crippen LogP contribution in [0.3, 0.4) is 0 Å². The van der Waals surface area contributed by atoms with Crippen molar-refractivity contribution in [2.24, 2.45) is 0 Å². The molecule has 0 spiro atoms. The second-order valence-corrected chi connectivity index (χ2v) is 2.63. The maximum absolute atomic E-state index is 10.0. The summed E-state index contributed by atoms with van der Waals surface area (Å²) in [6.07, 6.45) is 4.18. The molecule has 0 aliphatic rings. The van der Waals surface area contributed by atoms with Crippen LogP contribution < -0.4 is 10.2 Å². The minimum Gasteiger partial charge on any atom is -0.865 e. The maximum atomic E-state index is 10.0. The molecule has 0 aliphatic carbocycles. The van der Waals surface area contributed by atoms with Gasteiger partial charge in [-0.05, 0) is 0 Å². The summed E-state index contributed by atoms with van der Waals surface area (Å²) in [5, 5.41) is 20.0. The smallest absolute Gasteiger partial charge is 0.865 e. The van der Waals surface area contributed by atoms with Crippen molar-refractivity contribution >= 4 is 23.1 Å². The fourth-order valence-corrected chi connectivity index (χ4v) is 0.915. The molecule has 0 atom stereocenters. The van der Waals surface area contributed by atoms with Gasteiger partial charge in [0.05, 0.1) is 0 Å². The predicted octanol–water partition coefficient (Wildman–Crippen LogP) is 0.0128. The maximum Gasteiger partial charge on any atom is 2.00 e. The largest absolute Gasteiger partial charge is 2.00 e. The van der Waals surface area contributed by atoms with E-state index in [-0.39, 0.29) is 23.1 Å². The van der Waals surface area contributed by atoms with E-state index >= 15 is 0 Å². The fraction of sp³-hybridized carbons (Fsp3) is 1.00. The van der Waals surface area contributed by atoms with Gasteiger partial charge in [0.1, 0.15) is 0 Å². The third kappa shape index (κ3) is 13.6. The monoisotopic (exact) mass is 168 g/mol. The van der Waals surface area contributed by atoms with Crippen LogP contribution in [0.5, 0.6) is 0 Å². The molecule has 0 unspecified atom stereocenters. The van der Waals surface area contributed by atoms with Crippen molar-refractivity contribution in [3.05, 3.63) is 0 Å². The van der Waals surface area contributed by atoms with Gasteiger partial charge in [-0.15, -0.1) is 0 Å². The molecule has 0 saturated carbocycles. The zero-order chi connectivity index (χ0) is 7.82. The van der Waals surface area contributed by atoms with Gasteiger partial charge in [0.25, 0.3) is 0 Å². The van der Waals surface area contributed by atoms with Crippen LogP contribution >= 0.6 is 0 Å². The third-order valence-corrected chi connectivity index (χ3v) is 1.54. The first-order valence-electron chi connectivity index (χ1n) is 4.09. The number of hydrogen-bond acceptors (Lipinski definition) is 2. The molecule has 3 heteroatoms. The normalized spacial score (nSPS) is 9.82. The molecule has 0 amide bonds. The van der Waals surface area contributed by atoms with Gasteiger partial charge in [0.15, 0.2) is 0 Å². The van der Waals surface area contributed by atoms with Crippen LogP contribution in [0.15, 0.2) is 0 Å². The molecule has 0 aromatic heterocycles. The number of hydrogen-bond donors (Lipinski definition) is 0. The van der Waals surface area contributed by atoms with Crippen molar-refractivity contribution in [2.75, 3.05) is 0 Å². The van der Waals surface area contributed by atoms with E-state index in [1.54, 1.807) is 0 Å². The van der Waals surface area contributed by atoms with Crippen molar-refractivity contribution in [2.45, 2.75) is 51.7 Å². The Hall–Kier alpha value is 0.686. The molecule has 0 N–H and O–H groups in total. The van der Waals surface area contributed by atoms with Crippen LogP contribution in [0.1, 0.15) is 45.4 Å². The second kappa shape index (κ2) is 10.7. The zero-order valence-corrected chi connectivity index (χ0v) is 8.76. The van der Waals surface area contributed by atoms with Crippen molar-refractivity contribution in [3.63, 3.8) is 0 Å². The first-order chi connectivity index (χ1) is 4.77. The van der Waals surface area contributed by atoms with Crippen molar-refractivity contribution < 1.29 is 10.2 Å². The van der Waals surface area contributed by atoms with Crippen LogP contribution in [0.4, 0.5) is 0 Å². The fourth-order valence-electron chi connectivity index (χ4n) is 0.915. The van der Waals surface area contributed by atoms with Gasteiger partial charge in [-0.3, -0.25) is 0 Å². The van der Waals surface area contributed by atoms with Crippen LogP contribution in [0.25, 0.3) is 0 Å². The van der Waals surface area contributed by atoms with Gasteiger partial charge >= 0.3 is 23.1 Å². The molecule has 0 radical (unpaired) electrons. The topological polar surface area (TPSA) is 46.1 Å². The second-order valence-electron chi connectivity index (χ2n) is 2.63. The van der Waals surface area contributed by atoms with Crippen LogP contribution in [-0.2, 0) is 0 Å². The summed E-state index contributed by atoms with van der Waals surface area (Å²) in [6.45, 7) is 2.14. The molecular formula is C8H16MgO2. The molecule has 0 rings (SSSR count). The molecule has 0 saturated heterocycles. The van der Waals surface area contributed by atoms with Gasteiger partial charge in [-0.2, -0.15) is 0 Å². The minimum absolute atomic E-state index is 0. The van der Waals surface area contributed by atoms with Gasteiger partial charge in [-0.1, -0.05) is 45.4 Å².